The first-order chi connectivity index (χ1) is 19.0. The number of benzene rings is 2. The highest BCUT2D eigenvalue weighted by Crippen LogP contribution is 2.40. The molecule has 0 bridgehead atoms. The van der Waals surface area contributed by atoms with Crippen molar-refractivity contribution in [3.8, 4) is 0 Å². The Morgan fingerprint density at radius 2 is 1.77 bits per heavy atom. The third-order valence-corrected chi connectivity index (χ3v) is 9.88. The standard InChI is InChI=1S/C30H38N4O4S2/c1-18-11-9-10-14-22(18)16-31-28(37)26-30(4,5)39-17-34(26)29(38)24(35)23(15-21-12-7-6-8-13-21)33-27(36)25-19(2)32-20(3)40-25/h6-14,20,23-24,26,32,35H,15-17H2,1-5H3,(H,31,37)(H,33,36)/t20?,23?,24-,26?/m0/s1. The minimum absolute atomic E-state index is 0.0580. The molecule has 0 aliphatic carbocycles. The van der Waals surface area contributed by atoms with Crippen molar-refractivity contribution in [3.63, 3.8) is 0 Å². The van der Waals surface area contributed by atoms with Crippen molar-refractivity contribution < 1.29 is 19.5 Å². The molecule has 0 saturated carbocycles. The zero-order chi connectivity index (χ0) is 29.0. The fourth-order valence-electron chi connectivity index (χ4n) is 5.07. The molecule has 10 heteroatoms. The summed E-state index contributed by atoms with van der Waals surface area (Å²) in [6.07, 6.45) is -1.28. The number of nitrogens with zero attached hydrogens (tertiary/aromatic N) is 1. The van der Waals surface area contributed by atoms with Crippen LogP contribution < -0.4 is 16.0 Å². The molecule has 4 rings (SSSR count). The lowest BCUT2D eigenvalue weighted by molar-refractivity contribution is -0.147. The number of carbonyl (C=O) groups is 3. The van der Waals surface area contributed by atoms with E-state index in [1.807, 2.05) is 89.2 Å². The van der Waals surface area contributed by atoms with Gasteiger partial charge >= 0.3 is 0 Å². The summed E-state index contributed by atoms with van der Waals surface area (Å²) in [6.45, 7) is 9.99. The highest BCUT2D eigenvalue weighted by Gasteiger charge is 2.49. The van der Waals surface area contributed by atoms with Crippen LogP contribution >= 0.6 is 23.5 Å². The van der Waals surface area contributed by atoms with Gasteiger partial charge in [-0.15, -0.1) is 11.8 Å². The van der Waals surface area contributed by atoms with Gasteiger partial charge in [0, 0.05) is 17.0 Å². The van der Waals surface area contributed by atoms with Gasteiger partial charge in [0.25, 0.3) is 11.8 Å². The Balaban J connectivity index is 1.53. The average molecular weight is 583 g/mol. The predicted octanol–water partition coefficient (Wildman–Crippen LogP) is 3.29. The molecular weight excluding hydrogens is 544 g/mol. The summed E-state index contributed by atoms with van der Waals surface area (Å²) in [7, 11) is 0. The van der Waals surface area contributed by atoms with E-state index in [-0.39, 0.29) is 29.5 Å². The van der Waals surface area contributed by atoms with Crippen molar-refractivity contribution in [3.05, 3.63) is 81.9 Å². The number of rotatable bonds is 9. The minimum Gasteiger partial charge on any atom is -0.381 e. The van der Waals surface area contributed by atoms with E-state index in [4.69, 9.17) is 0 Å². The molecule has 4 atom stereocenters. The van der Waals surface area contributed by atoms with Crippen molar-refractivity contribution in [2.75, 3.05) is 5.88 Å². The summed E-state index contributed by atoms with van der Waals surface area (Å²) in [5.74, 6) is -0.924. The van der Waals surface area contributed by atoms with E-state index in [0.717, 1.165) is 22.4 Å². The summed E-state index contributed by atoms with van der Waals surface area (Å²) in [5.41, 5.74) is 3.71. The van der Waals surface area contributed by atoms with E-state index in [0.29, 0.717) is 11.4 Å². The fourth-order valence-corrected chi connectivity index (χ4v) is 7.21. The molecule has 3 unspecified atom stereocenters. The lowest BCUT2D eigenvalue weighted by Gasteiger charge is -2.33. The van der Waals surface area contributed by atoms with E-state index >= 15 is 0 Å². The van der Waals surface area contributed by atoms with Gasteiger partial charge in [0.2, 0.25) is 5.91 Å². The minimum atomic E-state index is -1.54. The summed E-state index contributed by atoms with van der Waals surface area (Å²) >= 11 is 2.90. The van der Waals surface area contributed by atoms with Crippen LogP contribution in [0.1, 0.15) is 44.4 Å². The molecular formula is C30H38N4O4S2. The van der Waals surface area contributed by atoms with Gasteiger partial charge in [0.1, 0.15) is 6.04 Å². The maximum absolute atomic E-state index is 13.8. The topological polar surface area (TPSA) is 111 Å². The summed E-state index contributed by atoms with van der Waals surface area (Å²) < 4.78 is -0.562. The Labute approximate surface area is 244 Å². The van der Waals surface area contributed by atoms with Crippen LogP contribution in [0.15, 0.2) is 65.2 Å². The maximum atomic E-state index is 13.8. The zero-order valence-corrected chi connectivity index (χ0v) is 25.2. The number of nitrogens with one attached hydrogen (secondary N) is 3. The van der Waals surface area contributed by atoms with Crippen LogP contribution in [0.4, 0.5) is 0 Å². The average Bonchev–Trinajstić information content (AvgIpc) is 3.44. The molecule has 214 valence electrons. The highest BCUT2D eigenvalue weighted by molar-refractivity contribution is 8.04. The third kappa shape index (κ3) is 6.85. The quantitative estimate of drug-likeness (QED) is 0.359. The van der Waals surface area contributed by atoms with Crippen LogP contribution in [0.3, 0.4) is 0 Å². The number of allylic oxidation sites excluding steroid dienone is 1. The Morgan fingerprint density at radius 1 is 1.10 bits per heavy atom. The van der Waals surface area contributed by atoms with E-state index in [2.05, 4.69) is 16.0 Å². The molecule has 2 aliphatic rings. The Bertz CT molecular complexity index is 1280. The Kier molecular flexibility index (Phi) is 9.53. The van der Waals surface area contributed by atoms with Crippen LogP contribution in [-0.4, -0.2) is 61.9 Å². The molecule has 0 spiro atoms. The molecule has 2 aromatic rings. The summed E-state index contributed by atoms with van der Waals surface area (Å²) in [6, 6.07) is 15.6. The van der Waals surface area contributed by atoms with Gasteiger partial charge in [-0.25, -0.2) is 0 Å². The molecule has 3 amide bonds. The summed E-state index contributed by atoms with van der Waals surface area (Å²) in [5, 5.41) is 20.6. The predicted molar refractivity (Wildman–Crippen MR) is 161 cm³/mol. The molecule has 2 aromatic carbocycles. The van der Waals surface area contributed by atoms with Crippen molar-refractivity contribution in [2.24, 2.45) is 0 Å². The zero-order valence-electron chi connectivity index (χ0n) is 23.6. The van der Waals surface area contributed by atoms with Gasteiger partial charge in [0.15, 0.2) is 6.10 Å². The molecule has 2 heterocycles. The van der Waals surface area contributed by atoms with Gasteiger partial charge in [-0.3, -0.25) is 14.4 Å². The van der Waals surface area contributed by atoms with Crippen molar-refractivity contribution in [2.45, 2.75) is 75.9 Å². The fraction of sp³-hybridized carbons (Fsp3) is 0.433. The number of hydrogen-bond acceptors (Lipinski definition) is 7. The van der Waals surface area contributed by atoms with Crippen LogP contribution in [0.2, 0.25) is 0 Å². The van der Waals surface area contributed by atoms with Crippen molar-refractivity contribution in [1.82, 2.24) is 20.9 Å². The molecule has 1 saturated heterocycles. The molecule has 2 aliphatic heterocycles. The second-order valence-electron chi connectivity index (χ2n) is 10.8. The van der Waals surface area contributed by atoms with E-state index in [1.54, 1.807) is 0 Å². The maximum Gasteiger partial charge on any atom is 0.259 e. The lowest BCUT2D eigenvalue weighted by Crippen LogP contribution is -2.58. The van der Waals surface area contributed by atoms with Gasteiger partial charge in [-0.05, 0) is 57.7 Å². The van der Waals surface area contributed by atoms with E-state index < -0.39 is 28.8 Å². The number of carbonyl (C=O) groups excluding carboxylic acids is 3. The van der Waals surface area contributed by atoms with Crippen LogP contribution in [0, 0.1) is 6.92 Å². The largest absolute Gasteiger partial charge is 0.381 e. The normalized spacial score (nSPS) is 21.5. The number of amides is 3. The molecule has 1 fully saturated rings. The second kappa shape index (κ2) is 12.7. The summed E-state index contributed by atoms with van der Waals surface area (Å²) in [4.78, 5) is 42.5. The van der Waals surface area contributed by atoms with Gasteiger partial charge in [-0.2, -0.15) is 0 Å². The number of hydrogen-bond donors (Lipinski definition) is 4. The molecule has 0 radical (unpaired) electrons. The number of aliphatic hydroxyl groups excluding tert-OH is 1. The number of aryl methyl sites for hydroxylation is 1. The smallest absolute Gasteiger partial charge is 0.259 e. The molecule has 4 N–H and O–H groups in total. The van der Waals surface area contributed by atoms with Crippen LogP contribution in [0.25, 0.3) is 0 Å². The SMILES string of the molecule is CC1=C(C(=O)NC(Cc2ccccc2)[C@H](O)C(=O)N2CSC(C)(C)C2C(=O)NCc2ccccc2C)SC(C)N1. The van der Waals surface area contributed by atoms with E-state index in [9.17, 15) is 19.5 Å². The third-order valence-electron chi connectivity index (χ3n) is 7.30. The monoisotopic (exact) mass is 582 g/mol. The Morgan fingerprint density at radius 3 is 2.42 bits per heavy atom. The molecule has 8 nitrogen and oxygen atoms in total. The second-order valence-corrected chi connectivity index (χ2v) is 13.8. The first-order valence-electron chi connectivity index (χ1n) is 13.4. The van der Waals surface area contributed by atoms with E-state index in [1.165, 1.54) is 28.4 Å². The first kappa shape index (κ1) is 30.0. The Hall–Kier alpha value is -2.95. The molecule has 0 aromatic heterocycles. The molecule has 40 heavy (non-hydrogen) atoms. The van der Waals surface area contributed by atoms with Crippen molar-refractivity contribution >= 4 is 41.2 Å². The van der Waals surface area contributed by atoms with Crippen LogP contribution in [0.5, 0.6) is 0 Å². The number of thioether (sulfide) groups is 2. The first-order valence-corrected chi connectivity index (χ1v) is 15.3. The number of aliphatic hydroxyl groups is 1. The van der Waals surface area contributed by atoms with Gasteiger partial charge in [0.05, 0.1) is 22.2 Å². The van der Waals surface area contributed by atoms with Crippen LogP contribution in [-0.2, 0) is 27.3 Å². The highest BCUT2D eigenvalue weighted by atomic mass is 32.2. The van der Waals surface area contributed by atoms with Gasteiger partial charge in [-0.1, -0.05) is 66.4 Å². The van der Waals surface area contributed by atoms with Crippen molar-refractivity contribution in [1.29, 1.82) is 0 Å². The lowest BCUT2D eigenvalue weighted by atomic mass is 9.97. The van der Waals surface area contributed by atoms with Gasteiger partial charge < -0.3 is 26.0 Å².